The van der Waals surface area contributed by atoms with Crippen LogP contribution in [-0.4, -0.2) is 72.1 Å². The third-order valence-electron chi connectivity index (χ3n) is 4.93. The van der Waals surface area contributed by atoms with E-state index >= 15 is 0 Å². The lowest BCUT2D eigenvalue weighted by Gasteiger charge is -2.39. The molecule has 0 saturated carbocycles. The molecule has 2 aromatic rings. The van der Waals surface area contributed by atoms with E-state index in [4.69, 9.17) is 9.47 Å². The fourth-order valence-electron chi connectivity index (χ4n) is 3.56. The molecule has 26 heavy (non-hydrogen) atoms. The van der Waals surface area contributed by atoms with Crippen LogP contribution in [-0.2, 0) is 11.3 Å². The van der Waals surface area contributed by atoms with Gasteiger partial charge in [0.05, 0.1) is 32.0 Å². The summed E-state index contributed by atoms with van der Waals surface area (Å²) in [5.74, 6) is 1.85. The molecular formula is C18H28N6O2. The first-order valence-electron chi connectivity index (χ1n) is 9.15. The highest BCUT2D eigenvalue weighted by Crippen LogP contribution is 2.30. The lowest BCUT2D eigenvalue weighted by atomic mass is 10.1. The van der Waals surface area contributed by atoms with Gasteiger partial charge in [-0.15, -0.1) is 5.10 Å². The Bertz CT molecular complexity index is 684. The number of aromatic nitrogens is 4. The van der Waals surface area contributed by atoms with Crippen LogP contribution in [0, 0.1) is 0 Å². The van der Waals surface area contributed by atoms with Crippen molar-refractivity contribution < 1.29 is 9.47 Å². The Kier molecular flexibility index (Phi) is 6.40. The molecule has 8 nitrogen and oxygen atoms in total. The molecule has 1 fully saturated rings. The molecular weight excluding hydrogens is 332 g/mol. The minimum Gasteiger partial charge on any atom is -0.495 e. The summed E-state index contributed by atoms with van der Waals surface area (Å²) in [7, 11) is 3.42. The van der Waals surface area contributed by atoms with Crippen molar-refractivity contribution in [3.05, 3.63) is 30.1 Å². The summed E-state index contributed by atoms with van der Waals surface area (Å²) in [6.45, 7) is 7.31. The number of hydrogen-bond donors (Lipinski definition) is 0. The molecule has 0 N–H and O–H groups in total. The predicted molar refractivity (Wildman–Crippen MR) is 99.5 cm³/mol. The van der Waals surface area contributed by atoms with E-state index in [2.05, 4.69) is 44.4 Å². The second kappa shape index (κ2) is 8.95. The predicted octanol–water partition coefficient (Wildman–Crippen LogP) is 1.60. The number of anilines is 1. The highest BCUT2D eigenvalue weighted by molar-refractivity contribution is 5.58. The summed E-state index contributed by atoms with van der Waals surface area (Å²) < 4.78 is 12.5. The molecule has 0 spiro atoms. The number of piperazine rings is 1. The van der Waals surface area contributed by atoms with Crippen molar-refractivity contribution in [2.24, 2.45) is 0 Å². The number of methoxy groups -OCH3 is 2. The van der Waals surface area contributed by atoms with Crippen LogP contribution < -0.4 is 9.64 Å². The first-order valence-corrected chi connectivity index (χ1v) is 9.15. The average Bonchev–Trinajstić information content (AvgIpc) is 3.15. The molecule has 2 heterocycles. The number of rotatable bonds is 8. The maximum absolute atomic E-state index is 5.51. The second-order valence-electron chi connectivity index (χ2n) is 6.37. The Balaban J connectivity index is 1.67. The van der Waals surface area contributed by atoms with Gasteiger partial charge in [-0.1, -0.05) is 19.1 Å². The summed E-state index contributed by atoms with van der Waals surface area (Å²) in [6.07, 6.45) is 0.974. The Labute approximate surface area is 154 Å². The molecule has 8 heteroatoms. The molecule has 0 aliphatic carbocycles. The van der Waals surface area contributed by atoms with Gasteiger partial charge in [-0.3, -0.25) is 4.90 Å². The second-order valence-corrected chi connectivity index (χ2v) is 6.37. The van der Waals surface area contributed by atoms with Gasteiger partial charge in [0.15, 0.2) is 5.82 Å². The average molecular weight is 360 g/mol. The maximum Gasteiger partial charge on any atom is 0.168 e. The van der Waals surface area contributed by atoms with Crippen molar-refractivity contribution in [1.82, 2.24) is 25.1 Å². The number of benzene rings is 1. The lowest BCUT2D eigenvalue weighted by molar-refractivity contribution is 0.157. The van der Waals surface area contributed by atoms with E-state index in [1.807, 2.05) is 16.8 Å². The van der Waals surface area contributed by atoms with E-state index in [0.717, 1.165) is 49.9 Å². The summed E-state index contributed by atoms with van der Waals surface area (Å²) in [6, 6.07) is 8.42. The molecule has 1 aromatic heterocycles. The van der Waals surface area contributed by atoms with E-state index in [0.29, 0.717) is 13.2 Å². The summed E-state index contributed by atoms with van der Waals surface area (Å²) in [5, 5.41) is 12.3. The van der Waals surface area contributed by atoms with Gasteiger partial charge in [0.25, 0.3) is 0 Å². The normalized spacial score (nSPS) is 16.7. The first-order chi connectivity index (χ1) is 12.8. The van der Waals surface area contributed by atoms with Crippen LogP contribution in [0.1, 0.15) is 25.2 Å². The van der Waals surface area contributed by atoms with E-state index in [1.165, 1.54) is 0 Å². The summed E-state index contributed by atoms with van der Waals surface area (Å²) in [4.78, 5) is 4.86. The van der Waals surface area contributed by atoms with Gasteiger partial charge in [-0.05, 0) is 29.0 Å². The molecule has 1 aliphatic heterocycles. The monoisotopic (exact) mass is 360 g/mol. The van der Waals surface area contributed by atoms with Crippen LogP contribution in [0.2, 0.25) is 0 Å². The maximum atomic E-state index is 5.51. The van der Waals surface area contributed by atoms with E-state index in [9.17, 15) is 0 Å². The summed E-state index contributed by atoms with van der Waals surface area (Å²) in [5.41, 5.74) is 1.16. The van der Waals surface area contributed by atoms with Gasteiger partial charge in [-0.2, -0.15) is 0 Å². The number of para-hydroxylation sites is 2. The standard InChI is InChI=1S/C18H28N6O2/c1-4-15(18-19-20-21-24(18)13-14-25-2)22-9-11-23(12-10-22)16-7-5-6-8-17(16)26-3/h5-8,15H,4,9-14H2,1-3H3. The summed E-state index contributed by atoms with van der Waals surface area (Å²) >= 11 is 0. The van der Waals surface area contributed by atoms with E-state index < -0.39 is 0 Å². The molecule has 142 valence electrons. The van der Waals surface area contributed by atoms with Crippen LogP contribution in [0.5, 0.6) is 5.75 Å². The smallest absolute Gasteiger partial charge is 0.168 e. The molecule has 3 rings (SSSR count). The van der Waals surface area contributed by atoms with Crippen molar-refractivity contribution in [1.29, 1.82) is 0 Å². The van der Waals surface area contributed by atoms with E-state index in [1.54, 1.807) is 14.2 Å². The van der Waals surface area contributed by atoms with Crippen LogP contribution in [0.4, 0.5) is 5.69 Å². The Morgan fingerprint density at radius 1 is 1.12 bits per heavy atom. The minimum absolute atomic E-state index is 0.224. The van der Waals surface area contributed by atoms with Gasteiger partial charge >= 0.3 is 0 Å². The Morgan fingerprint density at radius 3 is 2.58 bits per heavy atom. The Hall–Kier alpha value is -2.19. The first kappa shape index (κ1) is 18.6. The van der Waals surface area contributed by atoms with Crippen molar-refractivity contribution in [3.8, 4) is 5.75 Å². The highest BCUT2D eigenvalue weighted by atomic mass is 16.5. The van der Waals surface area contributed by atoms with Crippen LogP contribution in [0.15, 0.2) is 24.3 Å². The van der Waals surface area contributed by atoms with Gasteiger partial charge in [0.2, 0.25) is 0 Å². The van der Waals surface area contributed by atoms with Crippen molar-refractivity contribution >= 4 is 5.69 Å². The van der Waals surface area contributed by atoms with E-state index in [-0.39, 0.29) is 6.04 Å². The van der Waals surface area contributed by atoms with Crippen LogP contribution in [0.25, 0.3) is 0 Å². The van der Waals surface area contributed by atoms with Crippen molar-refractivity contribution in [3.63, 3.8) is 0 Å². The number of tetrazole rings is 1. The van der Waals surface area contributed by atoms with Crippen LogP contribution >= 0.6 is 0 Å². The van der Waals surface area contributed by atoms with Crippen molar-refractivity contribution in [2.45, 2.75) is 25.9 Å². The molecule has 0 amide bonds. The quantitative estimate of drug-likeness (QED) is 0.708. The molecule has 1 aromatic carbocycles. The molecule has 0 radical (unpaired) electrons. The molecule has 1 atom stereocenters. The minimum atomic E-state index is 0.224. The largest absolute Gasteiger partial charge is 0.495 e. The van der Waals surface area contributed by atoms with Crippen LogP contribution in [0.3, 0.4) is 0 Å². The zero-order chi connectivity index (χ0) is 18.4. The number of hydrogen-bond acceptors (Lipinski definition) is 7. The lowest BCUT2D eigenvalue weighted by Crippen LogP contribution is -2.48. The van der Waals surface area contributed by atoms with Gasteiger partial charge in [0, 0.05) is 33.3 Å². The molecule has 1 saturated heterocycles. The third-order valence-corrected chi connectivity index (χ3v) is 4.93. The zero-order valence-corrected chi connectivity index (χ0v) is 15.8. The number of ether oxygens (including phenoxy) is 2. The fourth-order valence-corrected chi connectivity index (χ4v) is 3.56. The van der Waals surface area contributed by atoms with Crippen molar-refractivity contribution in [2.75, 3.05) is 51.9 Å². The zero-order valence-electron chi connectivity index (χ0n) is 15.8. The van der Waals surface area contributed by atoms with Gasteiger partial charge < -0.3 is 14.4 Å². The Morgan fingerprint density at radius 2 is 1.88 bits per heavy atom. The van der Waals surface area contributed by atoms with Gasteiger partial charge in [-0.25, -0.2) is 4.68 Å². The molecule has 0 bridgehead atoms. The highest BCUT2D eigenvalue weighted by Gasteiger charge is 2.28. The third kappa shape index (κ3) is 3.96. The topological polar surface area (TPSA) is 68.5 Å². The molecule has 1 unspecified atom stereocenters. The fraction of sp³-hybridized carbons (Fsp3) is 0.611. The SMILES string of the molecule is CCC(c1nnnn1CCOC)N1CCN(c2ccccc2OC)CC1. The number of nitrogens with zero attached hydrogens (tertiary/aromatic N) is 6. The van der Waals surface area contributed by atoms with Gasteiger partial charge in [0.1, 0.15) is 5.75 Å². The molecule has 1 aliphatic rings.